The van der Waals surface area contributed by atoms with Gasteiger partial charge in [-0.2, -0.15) is 0 Å². The Balaban J connectivity index is 1.44. The molecule has 4 rings (SSSR count). The first-order valence-electron chi connectivity index (χ1n) is 10.2. The molecule has 6 heteroatoms. The van der Waals surface area contributed by atoms with Gasteiger partial charge in [0.15, 0.2) is 0 Å². The topological polar surface area (TPSA) is 73.9 Å². The Labute approximate surface area is 180 Å². The molecule has 0 aliphatic rings. The van der Waals surface area contributed by atoms with E-state index in [0.29, 0.717) is 23.6 Å². The van der Waals surface area contributed by atoms with Crippen LogP contribution in [0.2, 0.25) is 0 Å². The van der Waals surface area contributed by atoms with Crippen molar-refractivity contribution >= 4 is 5.95 Å². The Morgan fingerprint density at radius 3 is 2.35 bits per heavy atom. The molecule has 0 fully saturated rings. The lowest BCUT2D eigenvalue weighted by Gasteiger charge is -2.09. The molecule has 2 aromatic carbocycles. The third-order valence-electron chi connectivity index (χ3n) is 4.94. The Morgan fingerprint density at radius 2 is 1.68 bits per heavy atom. The first-order chi connectivity index (χ1) is 15.1. The van der Waals surface area contributed by atoms with E-state index < -0.39 is 0 Å². The second-order valence-electron chi connectivity index (χ2n) is 7.14. The van der Waals surface area contributed by atoms with E-state index in [1.54, 1.807) is 18.2 Å². The molecular weight excluding hydrogens is 391 g/mol. The van der Waals surface area contributed by atoms with Crippen LogP contribution in [0.1, 0.15) is 18.2 Å². The number of anilines is 1. The van der Waals surface area contributed by atoms with Crippen LogP contribution in [0.5, 0.6) is 5.75 Å². The monoisotopic (exact) mass is 414 g/mol. The summed E-state index contributed by atoms with van der Waals surface area (Å²) >= 11 is 0. The van der Waals surface area contributed by atoms with Crippen LogP contribution >= 0.6 is 0 Å². The summed E-state index contributed by atoms with van der Waals surface area (Å²) in [6.45, 7) is 2.66. The second kappa shape index (κ2) is 9.34. The van der Waals surface area contributed by atoms with Gasteiger partial charge in [-0.1, -0.05) is 25.1 Å². The van der Waals surface area contributed by atoms with Crippen LogP contribution in [0.4, 0.5) is 10.3 Å². The molecule has 0 unspecified atom stereocenters. The third-order valence-corrected chi connectivity index (χ3v) is 4.94. The summed E-state index contributed by atoms with van der Waals surface area (Å²) in [6.07, 6.45) is 3.64. The van der Waals surface area contributed by atoms with Crippen molar-refractivity contribution in [3.8, 4) is 28.3 Å². The fourth-order valence-corrected chi connectivity index (χ4v) is 3.22. The van der Waals surface area contributed by atoms with Gasteiger partial charge in [-0.15, -0.1) is 0 Å². The summed E-state index contributed by atoms with van der Waals surface area (Å²) in [5.41, 5.74) is 10.9. The highest BCUT2D eigenvalue weighted by Gasteiger charge is 2.08. The molecule has 0 bridgehead atoms. The number of benzene rings is 2. The molecule has 0 saturated heterocycles. The van der Waals surface area contributed by atoms with Crippen LogP contribution in [0.15, 0.2) is 72.9 Å². The van der Waals surface area contributed by atoms with E-state index in [1.165, 1.54) is 17.7 Å². The van der Waals surface area contributed by atoms with Crippen LogP contribution in [0.25, 0.3) is 22.5 Å². The molecular formula is C25H23FN4O. The fourth-order valence-electron chi connectivity index (χ4n) is 3.22. The Morgan fingerprint density at radius 1 is 0.903 bits per heavy atom. The fraction of sp³-hybridized carbons (Fsp3) is 0.160. The highest BCUT2D eigenvalue weighted by molar-refractivity contribution is 5.69. The predicted molar refractivity (Wildman–Crippen MR) is 120 cm³/mol. The van der Waals surface area contributed by atoms with Gasteiger partial charge in [0, 0.05) is 29.4 Å². The van der Waals surface area contributed by atoms with Gasteiger partial charge in [-0.3, -0.25) is 4.98 Å². The summed E-state index contributed by atoms with van der Waals surface area (Å²) in [6, 6.07) is 19.8. The predicted octanol–water partition coefficient (Wildman–Crippen LogP) is 5.11. The Kier molecular flexibility index (Phi) is 6.17. The van der Waals surface area contributed by atoms with Gasteiger partial charge in [0.25, 0.3) is 0 Å². The van der Waals surface area contributed by atoms with Gasteiger partial charge in [0.1, 0.15) is 11.6 Å². The lowest BCUT2D eigenvalue weighted by molar-refractivity contribution is 0.320. The van der Waals surface area contributed by atoms with E-state index in [-0.39, 0.29) is 11.8 Å². The zero-order chi connectivity index (χ0) is 21.6. The van der Waals surface area contributed by atoms with E-state index >= 15 is 0 Å². The number of aromatic nitrogens is 3. The van der Waals surface area contributed by atoms with E-state index in [0.717, 1.165) is 29.8 Å². The summed E-state index contributed by atoms with van der Waals surface area (Å²) in [7, 11) is 0. The van der Waals surface area contributed by atoms with Crippen molar-refractivity contribution in [2.45, 2.75) is 19.8 Å². The molecule has 5 nitrogen and oxygen atoms in total. The maximum absolute atomic E-state index is 13.6. The largest absolute Gasteiger partial charge is 0.493 e. The van der Waals surface area contributed by atoms with Crippen LogP contribution in [-0.2, 0) is 12.8 Å². The number of ether oxygens (including phenoxy) is 1. The standard InChI is InChI=1S/C25H23FN4O/c1-2-17-6-9-21(28-16-17)12-13-31-22-10-7-18(8-11-22)23-15-24(30-25(27)29-23)19-4-3-5-20(26)14-19/h3-11,14-16H,2,12-13H2,1H3,(H2,27,29,30). The highest BCUT2D eigenvalue weighted by Crippen LogP contribution is 2.26. The first-order valence-corrected chi connectivity index (χ1v) is 10.2. The van der Waals surface area contributed by atoms with Crippen molar-refractivity contribution in [1.29, 1.82) is 0 Å². The quantitative estimate of drug-likeness (QED) is 0.455. The molecule has 4 aromatic rings. The molecule has 2 N–H and O–H groups in total. The van der Waals surface area contributed by atoms with Crippen molar-refractivity contribution in [3.63, 3.8) is 0 Å². The molecule has 2 aromatic heterocycles. The second-order valence-corrected chi connectivity index (χ2v) is 7.14. The number of nitrogen functional groups attached to an aromatic ring is 1. The minimum absolute atomic E-state index is 0.138. The number of aryl methyl sites for hydroxylation is 1. The zero-order valence-corrected chi connectivity index (χ0v) is 17.3. The molecule has 0 aliphatic carbocycles. The third kappa shape index (κ3) is 5.22. The number of pyridine rings is 1. The summed E-state index contributed by atoms with van der Waals surface area (Å²) in [5.74, 6) is 0.578. The van der Waals surface area contributed by atoms with Crippen molar-refractivity contribution in [2.24, 2.45) is 0 Å². The Bertz CT molecular complexity index is 1160. The van der Waals surface area contributed by atoms with Crippen molar-refractivity contribution in [1.82, 2.24) is 15.0 Å². The van der Waals surface area contributed by atoms with Gasteiger partial charge >= 0.3 is 0 Å². The molecule has 0 saturated carbocycles. The average Bonchev–Trinajstić information content (AvgIpc) is 2.79. The Hall–Kier alpha value is -3.80. The normalized spacial score (nSPS) is 10.8. The minimum Gasteiger partial charge on any atom is -0.493 e. The highest BCUT2D eigenvalue weighted by atomic mass is 19.1. The minimum atomic E-state index is -0.325. The van der Waals surface area contributed by atoms with E-state index in [9.17, 15) is 4.39 Å². The van der Waals surface area contributed by atoms with Crippen molar-refractivity contribution in [3.05, 3.63) is 90.0 Å². The van der Waals surface area contributed by atoms with E-state index in [1.807, 2.05) is 36.5 Å². The SMILES string of the molecule is CCc1ccc(CCOc2ccc(-c3cc(-c4cccc(F)c4)nc(N)n3)cc2)nc1. The zero-order valence-electron chi connectivity index (χ0n) is 17.3. The molecule has 0 spiro atoms. The van der Waals surface area contributed by atoms with Crippen LogP contribution in [-0.4, -0.2) is 21.6 Å². The number of nitrogens with zero attached hydrogens (tertiary/aromatic N) is 3. The maximum Gasteiger partial charge on any atom is 0.221 e. The van der Waals surface area contributed by atoms with Gasteiger partial charge in [-0.05, 0) is 60.5 Å². The first kappa shape index (κ1) is 20.5. The molecule has 0 aliphatic heterocycles. The van der Waals surface area contributed by atoms with E-state index in [2.05, 4.69) is 27.9 Å². The summed E-state index contributed by atoms with van der Waals surface area (Å²) in [4.78, 5) is 13.0. The van der Waals surface area contributed by atoms with Gasteiger partial charge in [-0.25, -0.2) is 14.4 Å². The molecule has 0 atom stereocenters. The van der Waals surface area contributed by atoms with Crippen LogP contribution in [0, 0.1) is 5.82 Å². The van der Waals surface area contributed by atoms with Crippen LogP contribution in [0.3, 0.4) is 0 Å². The van der Waals surface area contributed by atoms with Crippen molar-refractivity contribution in [2.75, 3.05) is 12.3 Å². The smallest absolute Gasteiger partial charge is 0.221 e. The van der Waals surface area contributed by atoms with Gasteiger partial charge < -0.3 is 10.5 Å². The molecule has 0 amide bonds. The number of halogens is 1. The number of rotatable bonds is 7. The number of hydrogen-bond acceptors (Lipinski definition) is 5. The van der Waals surface area contributed by atoms with Crippen LogP contribution < -0.4 is 10.5 Å². The molecule has 156 valence electrons. The number of nitrogens with two attached hydrogens (primary N) is 1. The summed E-state index contributed by atoms with van der Waals surface area (Å²) < 4.78 is 19.4. The summed E-state index contributed by atoms with van der Waals surface area (Å²) in [5, 5.41) is 0. The lowest BCUT2D eigenvalue weighted by atomic mass is 10.1. The molecule has 31 heavy (non-hydrogen) atoms. The molecule has 2 heterocycles. The average molecular weight is 414 g/mol. The lowest BCUT2D eigenvalue weighted by Crippen LogP contribution is -2.03. The van der Waals surface area contributed by atoms with Gasteiger partial charge in [0.2, 0.25) is 5.95 Å². The van der Waals surface area contributed by atoms with E-state index in [4.69, 9.17) is 10.5 Å². The number of hydrogen-bond donors (Lipinski definition) is 1. The van der Waals surface area contributed by atoms with Crippen molar-refractivity contribution < 1.29 is 9.13 Å². The molecule has 0 radical (unpaired) electrons. The maximum atomic E-state index is 13.6. The van der Waals surface area contributed by atoms with Gasteiger partial charge in [0.05, 0.1) is 18.0 Å².